The first-order valence-electron chi connectivity index (χ1n) is 3.90. The molecule has 0 radical (unpaired) electrons. The van der Waals surface area contributed by atoms with E-state index in [0.717, 1.165) is 6.54 Å². The van der Waals surface area contributed by atoms with Gasteiger partial charge < -0.3 is 11.1 Å². The van der Waals surface area contributed by atoms with E-state index in [0.29, 0.717) is 6.54 Å². The van der Waals surface area contributed by atoms with E-state index in [-0.39, 0.29) is 18.1 Å². The largest absolute Gasteiger partial charge is 0.315 e. The Labute approximate surface area is 64.7 Å². The van der Waals surface area contributed by atoms with E-state index in [4.69, 9.17) is 5.73 Å². The van der Waals surface area contributed by atoms with Gasteiger partial charge in [-0.2, -0.15) is 0 Å². The first kappa shape index (κ1) is 7.42. The van der Waals surface area contributed by atoms with Crippen molar-refractivity contribution in [1.29, 1.82) is 0 Å². The van der Waals surface area contributed by atoms with E-state index < -0.39 is 6.17 Å². The van der Waals surface area contributed by atoms with E-state index in [1.165, 1.54) is 0 Å². The van der Waals surface area contributed by atoms with Crippen molar-refractivity contribution in [3.05, 3.63) is 0 Å². The summed E-state index contributed by atoms with van der Waals surface area (Å²) in [6.07, 6.45) is -1.07. The van der Waals surface area contributed by atoms with Gasteiger partial charge in [0.2, 0.25) is 0 Å². The maximum absolute atomic E-state index is 13.2. The molecule has 4 unspecified atom stereocenters. The van der Waals surface area contributed by atoms with Crippen LogP contribution < -0.4 is 21.9 Å². The summed E-state index contributed by atoms with van der Waals surface area (Å²) in [6.45, 7) is 1.23. The predicted molar refractivity (Wildman–Crippen MR) is 39.3 cm³/mol. The molecule has 0 aromatic heterocycles. The Morgan fingerprint density at radius 2 is 2.09 bits per heavy atom. The zero-order chi connectivity index (χ0) is 7.84. The average Bonchev–Trinajstić information content (AvgIpc) is 2.34. The van der Waals surface area contributed by atoms with Crippen LogP contribution in [-0.4, -0.2) is 31.5 Å². The van der Waals surface area contributed by atoms with Crippen LogP contribution in [0.15, 0.2) is 0 Å². The molecule has 2 fully saturated rings. The van der Waals surface area contributed by atoms with Crippen LogP contribution in [0.5, 0.6) is 0 Å². The highest BCUT2D eigenvalue weighted by Gasteiger charge is 2.41. The van der Waals surface area contributed by atoms with Crippen LogP contribution in [-0.2, 0) is 0 Å². The van der Waals surface area contributed by atoms with Crippen LogP contribution in [0.4, 0.5) is 4.39 Å². The summed E-state index contributed by atoms with van der Waals surface area (Å²) in [5.41, 5.74) is 11.4. The van der Waals surface area contributed by atoms with Gasteiger partial charge in [0.05, 0.1) is 6.17 Å². The number of hydrazine groups is 1. The first-order chi connectivity index (χ1) is 5.29. The summed E-state index contributed by atoms with van der Waals surface area (Å²) in [6, 6.07) is 0.147. The third kappa shape index (κ3) is 1.14. The highest BCUT2D eigenvalue weighted by molar-refractivity contribution is 4.97. The number of nitrogens with one attached hydrogen (secondary N) is 3. The van der Waals surface area contributed by atoms with Gasteiger partial charge in [-0.15, -0.1) is 0 Å². The minimum absolute atomic E-state index is 0.0729. The van der Waals surface area contributed by atoms with Gasteiger partial charge in [0.1, 0.15) is 6.17 Å². The molecule has 0 amide bonds. The maximum Gasteiger partial charge on any atom is 0.120 e. The number of hydrogen-bond acceptors (Lipinski definition) is 4. The van der Waals surface area contributed by atoms with Crippen LogP contribution in [0.25, 0.3) is 0 Å². The molecule has 0 aromatic rings. The topological polar surface area (TPSA) is 62.1 Å². The second kappa shape index (κ2) is 2.67. The lowest BCUT2D eigenvalue weighted by Crippen LogP contribution is -2.52. The molecule has 64 valence electrons. The molecule has 0 saturated carbocycles. The number of hydrogen-bond donors (Lipinski definition) is 4. The third-order valence-corrected chi connectivity index (χ3v) is 2.44. The van der Waals surface area contributed by atoms with Crippen molar-refractivity contribution in [3.8, 4) is 0 Å². The first-order valence-corrected chi connectivity index (χ1v) is 3.90. The average molecular weight is 160 g/mol. The molecule has 2 rings (SSSR count). The quantitative estimate of drug-likeness (QED) is 0.341. The van der Waals surface area contributed by atoms with Crippen LogP contribution in [0.3, 0.4) is 0 Å². The molecule has 0 aliphatic carbocycles. The Balaban J connectivity index is 2.08. The highest BCUT2D eigenvalue weighted by atomic mass is 19.1. The summed E-state index contributed by atoms with van der Waals surface area (Å²) in [5, 5.41) is 2.99. The van der Waals surface area contributed by atoms with E-state index in [2.05, 4.69) is 16.2 Å². The van der Waals surface area contributed by atoms with Gasteiger partial charge in [0, 0.05) is 25.0 Å². The maximum atomic E-state index is 13.2. The molecule has 4 nitrogen and oxygen atoms in total. The van der Waals surface area contributed by atoms with Gasteiger partial charge in [-0.25, -0.2) is 9.82 Å². The van der Waals surface area contributed by atoms with Gasteiger partial charge >= 0.3 is 0 Å². The van der Waals surface area contributed by atoms with Crippen LogP contribution in [0.1, 0.15) is 0 Å². The molecule has 0 spiro atoms. The molecule has 2 aliphatic rings. The number of piperidine rings is 1. The number of rotatable bonds is 0. The van der Waals surface area contributed by atoms with E-state index in [9.17, 15) is 4.39 Å². The lowest BCUT2D eigenvalue weighted by Gasteiger charge is -2.29. The highest BCUT2D eigenvalue weighted by Crippen LogP contribution is 2.21. The zero-order valence-corrected chi connectivity index (χ0v) is 6.18. The normalized spacial score (nSPS) is 50.7. The van der Waals surface area contributed by atoms with Crippen LogP contribution in [0, 0.1) is 5.92 Å². The summed E-state index contributed by atoms with van der Waals surface area (Å²) in [4.78, 5) is 0. The van der Waals surface area contributed by atoms with E-state index in [1.54, 1.807) is 0 Å². The molecule has 2 heterocycles. The fourth-order valence-corrected chi connectivity index (χ4v) is 1.82. The van der Waals surface area contributed by atoms with Gasteiger partial charge in [0.15, 0.2) is 0 Å². The molecule has 5 N–H and O–H groups in total. The molecule has 0 aromatic carbocycles. The smallest absolute Gasteiger partial charge is 0.120 e. The Kier molecular flexibility index (Phi) is 1.80. The molecule has 2 aliphatic heterocycles. The van der Waals surface area contributed by atoms with E-state index >= 15 is 0 Å². The predicted octanol–water partition coefficient (Wildman–Crippen LogP) is -1.69. The number of alkyl halides is 1. The lowest BCUT2D eigenvalue weighted by molar-refractivity contribution is 0.158. The van der Waals surface area contributed by atoms with Crippen molar-refractivity contribution in [2.45, 2.75) is 18.4 Å². The Hall–Kier alpha value is -0.230. The van der Waals surface area contributed by atoms with Gasteiger partial charge in [0.25, 0.3) is 0 Å². The van der Waals surface area contributed by atoms with Crippen LogP contribution in [0.2, 0.25) is 0 Å². The summed E-state index contributed by atoms with van der Waals surface area (Å²) < 4.78 is 13.2. The summed E-state index contributed by atoms with van der Waals surface area (Å²) in [7, 11) is 0. The number of fused-ring (bicyclic) bond motifs is 1. The van der Waals surface area contributed by atoms with Crippen molar-refractivity contribution < 1.29 is 4.39 Å². The van der Waals surface area contributed by atoms with Crippen molar-refractivity contribution >= 4 is 0 Å². The van der Waals surface area contributed by atoms with Crippen molar-refractivity contribution in [3.63, 3.8) is 0 Å². The molecular formula is C6H13FN4. The minimum Gasteiger partial charge on any atom is -0.315 e. The standard InChI is InChI=1S/C6H13FN4/c7-3-1-9-2-4-5(3)6(8)11-10-4/h3-6,9-11H,1-2,8H2. The summed E-state index contributed by atoms with van der Waals surface area (Å²) >= 11 is 0. The molecular weight excluding hydrogens is 147 g/mol. The summed E-state index contributed by atoms with van der Waals surface area (Å²) in [5.74, 6) is -0.0729. The van der Waals surface area contributed by atoms with Gasteiger partial charge in [-0.05, 0) is 0 Å². The van der Waals surface area contributed by atoms with Crippen molar-refractivity contribution in [2.75, 3.05) is 13.1 Å². The van der Waals surface area contributed by atoms with Gasteiger partial charge in [-0.1, -0.05) is 0 Å². The van der Waals surface area contributed by atoms with E-state index in [1.807, 2.05) is 0 Å². The number of nitrogens with two attached hydrogens (primary N) is 1. The zero-order valence-electron chi connectivity index (χ0n) is 6.18. The SMILES string of the molecule is NC1NNC2CNCC(F)C12. The molecule has 0 bridgehead atoms. The Bertz CT molecular complexity index is 152. The fraction of sp³-hybridized carbons (Fsp3) is 1.00. The van der Waals surface area contributed by atoms with Gasteiger partial charge in [-0.3, -0.25) is 5.43 Å². The number of halogens is 1. The second-order valence-electron chi connectivity index (χ2n) is 3.17. The van der Waals surface area contributed by atoms with Crippen LogP contribution >= 0.6 is 0 Å². The monoisotopic (exact) mass is 160 g/mol. The Morgan fingerprint density at radius 3 is 2.82 bits per heavy atom. The Morgan fingerprint density at radius 1 is 1.27 bits per heavy atom. The van der Waals surface area contributed by atoms with Crippen molar-refractivity contribution in [2.24, 2.45) is 11.7 Å². The second-order valence-corrected chi connectivity index (χ2v) is 3.17. The molecule has 2 saturated heterocycles. The fourth-order valence-electron chi connectivity index (χ4n) is 1.82. The minimum atomic E-state index is -0.828. The molecule has 11 heavy (non-hydrogen) atoms. The lowest BCUT2D eigenvalue weighted by atomic mass is 9.91. The molecule has 4 atom stereocenters. The third-order valence-electron chi connectivity index (χ3n) is 2.44. The van der Waals surface area contributed by atoms with Crippen molar-refractivity contribution in [1.82, 2.24) is 16.2 Å². The molecule has 5 heteroatoms.